The van der Waals surface area contributed by atoms with Gasteiger partial charge in [0, 0.05) is 19.6 Å². The van der Waals surface area contributed by atoms with Gasteiger partial charge in [-0.3, -0.25) is 0 Å². The van der Waals surface area contributed by atoms with E-state index in [0.717, 1.165) is 19.0 Å². The lowest BCUT2D eigenvalue weighted by molar-refractivity contribution is 0.156. The van der Waals surface area contributed by atoms with Crippen molar-refractivity contribution in [2.75, 3.05) is 32.7 Å². The number of hydrogen-bond donors (Lipinski definition) is 1. The van der Waals surface area contributed by atoms with E-state index in [1.54, 1.807) is 0 Å². The summed E-state index contributed by atoms with van der Waals surface area (Å²) in [4.78, 5) is 2.65. The van der Waals surface area contributed by atoms with Crippen LogP contribution in [0.3, 0.4) is 0 Å². The van der Waals surface area contributed by atoms with Crippen LogP contribution in [0.15, 0.2) is 0 Å². The quantitative estimate of drug-likeness (QED) is 0.650. The molecule has 0 heterocycles. The molecule has 0 aromatic heterocycles. The first kappa shape index (κ1) is 14.0. The highest BCUT2D eigenvalue weighted by atomic mass is 15.1. The van der Waals surface area contributed by atoms with Gasteiger partial charge >= 0.3 is 0 Å². The summed E-state index contributed by atoms with van der Waals surface area (Å²) in [5.74, 6) is 1.01. The predicted octanol–water partition coefficient (Wildman–Crippen LogP) is 2.74. The van der Waals surface area contributed by atoms with Crippen molar-refractivity contribution in [2.45, 2.75) is 47.0 Å². The molecule has 2 heteroatoms. The van der Waals surface area contributed by atoms with Crippen molar-refractivity contribution in [1.29, 1.82) is 0 Å². The molecule has 96 valence electrons. The molecule has 0 aromatic rings. The largest absolute Gasteiger partial charge is 0.316 e. The standard InChI is InChI=1S/C14H30N2/c1-5-14(4,11-15-6-2)12-16(7-3)10-13-8-9-13/h13,15H,5-12H2,1-4H3. The molecule has 1 N–H and O–H groups in total. The Kier molecular flexibility index (Phi) is 5.77. The minimum absolute atomic E-state index is 0.445. The van der Waals surface area contributed by atoms with Crippen LogP contribution in [0.1, 0.15) is 47.0 Å². The van der Waals surface area contributed by atoms with Crippen molar-refractivity contribution in [3.05, 3.63) is 0 Å². The zero-order valence-corrected chi connectivity index (χ0v) is 11.7. The van der Waals surface area contributed by atoms with E-state index < -0.39 is 0 Å². The summed E-state index contributed by atoms with van der Waals surface area (Å²) in [6, 6.07) is 0. The normalized spacial score (nSPS) is 20.1. The highest BCUT2D eigenvalue weighted by Crippen LogP contribution is 2.31. The third kappa shape index (κ3) is 4.84. The average Bonchev–Trinajstić information content (AvgIpc) is 3.09. The van der Waals surface area contributed by atoms with Crippen molar-refractivity contribution in [3.63, 3.8) is 0 Å². The zero-order chi connectivity index (χ0) is 12.0. The summed E-state index contributed by atoms with van der Waals surface area (Å²) in [5, 5.41) is 3.51. The smallest absolute Gasteiger partial charge is 0.00474 e. The van der Waals surface area contributed by atoms with Crippen molar-refractivity contribution >= 4 is 0 Å². The monoisotopic (exact) mass is 226 g/mol. The van der Waals surface area contributed by atoms with Crippen LogP contribution in [0.2, 0.25) is 0 Å². The second-order valence-corrected chi connectivity index (χ2v) is 5.72. The Morgan fingerprint density at radius 1 is 1.25 bits per heavy atom. The molecular formula is C14H30N2. The lowest BCUT2D eigenvalue weighted by atomic mass is 9.86. The van der Waals surface area contributed by atoms with Gasteiger partial charge in [-0.15, -0.1) is 0 Å². The predicted molar refractivity (Wildman–Crippen MR) is 71.8 cm³/mol. The lowest BCUT2D eigenvalue weighted by Gasteiger charge is -2.34. The van der Waals surface area contributed by atoms with Gasteiger partial charge in [0.15, 0.2) is 0 Å². The second-order valence-electron chi connectivity index (χ2n) is 5.72. The maximum atomic E-state index is 3.51. The van der Waals surface area contributed by atoms with Crippen molar-refractivity contribution in [1.82, 2.24) is 10.2 Å². The molecule has 0 amide bonds. The fourth-order valence-corrected chi connectivity index (χ4v) is 2.23. The van der Waals surface area contributed by atoms with Gasteiger partial charge in [0.25, 0.3) is 0 Å². The maximum absolute atomic E-state index is 3.51. The summed E-state index contributed by atoms with van der Waals surface area (Å²) < 4.78 is 0. The molecule has 1 unspecified atom stereocenters. The van der Waals surface area contributed by atoms with Gasteiger partial charge in [-0.25, -0.2) is 0 Å². The first-order valence-corrected chi connectivity index (χ1v) is 7.06. The highest BCUT2D eigenvalue weighted by Gasteiger charge is 2.28. The summed E-state index contributed by atoms with van der Waals surface area (Å²) in [6.45, 7) is 15.3. The van der Waals surface area contributed by atoms with Crippen LogP contribution < -0.4 is 5.32 Å². The molecule has 1 fully saturated rings. The van der Waals surface area contributed by atoms with E-state index in [-0.39, 0.29) is 0 Å². The van der Waals surface area contributed by atoms with Gasteiger partial charge in [-0.1, -0.05) is 27.7 Å². The molecule has 0 bridgehead atoms. The first-order valence-electron chi connectivity index (χ1n) is 7.06. The van der Waals surface area contributed by atoms with Crippen molar-refractivity contribution in [3.8, 4) is 0 Å². The van der Waals surface area contributed by atoms with Crippen LogP contribution >= 0.6 is 0 Å². The number of rotatable bonds is 9. The van der Waals surface area contributed by atoms with Crippen LogP contribution in [0.25, 0.3) is 0 Å². The molecule has 0 saturated heterocycles. The minimum Gasteiger partial charge on any atom is -0.316 e. The number of hydrogen-bond acceptors (Lipinski definition) is 2. The summed E-state index contributed by atoms with van der Waals surface area (Å²) >= 11 is 0. The number of nitrogens with zero attached hydrogens (tertiary/aromatic N) is 1. The molecule has 0 aliphatic heterocycles. The Bertz CT molecular complexity index is 189. The van der Waals surface area contributed by atoms with Crippen molar-refractivity contribution < 1.29 is 0 Å². The third-order valence-electron chi connectivity index (χ3n) is 3.92. The first-order chi connectivity index (χ1) is 7.63. The molecular weight excluding hydrogens is 196 g/mol. The van der Waals surface area contributed by atoms with Gasteiger partial charge in [-0.05, 0) is 43.7 Å². The van der Waals surface area contributed by atoms with Crippen LogP contribution in [-0.4, -0.2) is 37.6 Å². The van der Waals surface area contributed by atoms with Crippen LogP contribution in [0, 0.1) is 11.3 Å². The van der Waals surface area contributed by atoms with Gasteiger partial charge in [0.1, 0.15) is 0 Å². The lowest BCUT2D eigenvalue weighted by Crippen LogP contribution is -2.42. The van der Waals surface area contributed by atoms with Crippen molar-refractivity contribution in [2.24, 2.45) is 11.3 Å². The Morgan fingerprint density at radius 3 is 2.38 bits per heavy atom. The van der Waals surface area contributed by atoms with E-state index in [1.165, 1.54) is 38.9 Å². The summed E-state index contributed by atoms with van der Waals surface area (Å²) in [6.07, 6.45) is 4.19. The van der Waals surface area contributed by atoms with E-state index in [0.29, 0.717) is 5.41 Å². The van der Waals surface area contributed by atoms with E-state index in [9.17, 15) is 0 Å². The van der Waals surface area contributed by atoms with Crippen LogP contribution in [0.5, 0.6) is 0 Å². The van der Waals surface area contributed by atoms with Gasteiger partial charge in [0.05, 0.1) is 0 Å². The Morgan fingerprint density at radius 2 is 1.94 bits per heavy atom. The molecule has 0 spiro atoms. The number of nitrogens with one attached hydrogen (secondary N) is 1. The van der Waals surface area contributed by atoms with E-state index in [2.05, 4.69) is 37.9 Å². The third-order valence-corrected chi connectivity index (χ3v) is 3.92. The average molecular weight is 226 g/mol. The Hall–Kier alpha value is -0.0800. The topological polar surface area (TPSA) is 15.3 Å². The van der Waals surface area contributed by atoms with Crippen LogP contribution in [0.4, 0.5) is 0 Å². The Labute approximate surface area is 102 Å². The second kappa shape index (κ2) is 6.61. The highest BCUT2D eigenvalue weighted by molar-refractivity contribution is 4.83. The molecule has 0 aromatic carbocycles. The SMILES string of the molecule is CCNCC(C)(CC)CN(CC)CC1CC1. The summed E-state index contributed by atoms with van der Waals surface area (Å²) in [7, 11) is 0. The molecule has 0 radical (unpaired) electrons. The van der Waals surface area contributed by atoms with Gasteiger partial charge in [-0.2, -0.15) is 0 Å². The van der Waals surface area contributed by atoms with Crippen LogP contribution in [-0.2, 0) is 0 Å². The van der Waals surface area contributed by atoms with E-state index >= 15 is 0 Å². The molecule has 1 rings (SSSR count). The molecule has 2 nitrogen and oxygen atoms in total. The van der Waals surface area contributed by atoms with E-state index in [4.69, 9.17) is 0 Å². The molecule has 1 aliphatic rings. The summed E-state index contributed by atoms with van der Waals surface area (Å²) in [5.41, 5.74) is 0.445. The molecule has 16 heavy (non-hydrogen) atoms. The fourth-order valence-electron chi connectivity index (χ4n) is 2.23. The molecule has 1 saturated carbocycles. The van der Waals surface area contributed by atoms with Gasteiger partial charge in [0.2, 0.25) is 0 Å². The fraction of sp³-hybridized carbons (Fsp3) is 1.00. The maximum Gasteiger partial charge on any atom is 0.00474 e. The Balaban J connectivity index is 2.37. The minimum atomic E-state index is 0.445. The zero-order valence-electron chi connectivity index (χ0n) is 11.7. The molecule has 1 aliphatic carbocycles. The molecule has 1 atom stereocenters. The van der Waals surface area contributed by atoms with E-state index in [1.807, 2.05) is 0 Å². The van der Waals surface area contributed by atoms with Gasteiger partial charge < -0.3 is 10.2 Å².